The Morgan fingerprint density at radius 1 is 1.56 bits per heavy atom. The van der Waals surface area contributed by atoms with Crippen LogP contribution in [0.2, 0.25) is 0 Å². The third-order valence-corrected chi connectivity index (χ3v) is 3.59. The van der Waals surface area contributed by atoms with Gasteiger partial charge < -0.3 is 5.32 Å². The summed E-state index contributed by atoms with van der Waals surface area (Å²) in [4.78, 5) is 15.5. The minimum absolute atomic E-state index is 0.0368. The largest absolute Gasteiger partial charge is 0.350 e. The number of amides is 1. The number of nitrogens with zero attached hydrogens (tertiary/aromatic N) is 1. The lowest BCUT2D eigenvalue weighted by molar-refractivity contribution is -0.119. The van der Waals surface area contributed by atoms with Gasteiger partial charge in [0.15, 0.2) is 0 Å². The minimum atomic E-state index is -0.0368. The first-order chi connectivity index (χ1) is 7.65. The van der Waals surface area contributed by atoms with E-state index in [1.807, 2.05) is 18.5 Å². The Balaban J connectivity index is 2.19. The van der Waals surface area contributed by atoms with Crippen molar-refractivity contribution in [1.29, 1.82) is 0 Å². The highest BCUT2D eigenvalue weighted by Gasteiger charge is 2.36. The second-order valence-electron chi connectivity index (χ2n) is 4.66. The van der Waals surface area contributed by atoms with Gasteiger partial charge in [-0.15, -0.1) is 0 Å². The summed E-state index contributed by atoms with van der Waals surface area (Å²) in [6.45, 7) is 4.23. The van der Waals surface area contributed by atoms with Gasteiger partial charge in [0.1, 0.15) is 0 Å². The van der Waals surface area contributed by atoms with E-state index in [9.17, 15) is 4.79 Å². The summed E-state index contributed by atoms with van der Waals surface area (Å²) in [5.74, 6) is 0.184. The molecule has 1 saturated heterocycles. The molecule has 2 rings (SSSR count). The maximum Gasteiger partial charge on any atom is 0.220 e. The molecule has 1 fully saturated rings. The third kappa shape index (κ3) is 2.08. The molecule has 0 spiro atoms. The first-order valence-corrected chi connectivity index (χ1v) is 5.86. The van der Waals surface area contributed by atoms with E-state index in [4.69, 9.17) is 0 Å². The molecule has 1 amide bonds. The van der Waals surface area contributed by atoms with E-state index in [0.717, 1.165) is 19.3 Å². The molecule has 1 unspecified atom stereocenters. The Morgan fingerprint density at radius 3 is 2.94 bits per heavy atom. The highest BCUT2D eigenvalue weighted by molar-refractivity contribution is 5.79. The summed E-state index contributed by atoms with van der Waals surface area (Å²) >= 11 is 0. The van der Waals surface area contributed by atoms with Gasteiger partial charge in [0, 0.05) is 24.4 Å². The van der Waals surface area contributed by atoms with Crippen LogP contribution >= 0.6 is 0 Å². The quantitative estimate of drug-likeness (QED) is 0.843. The van der Waals surface area contributed by atoms with Crippen molar-refractivity contribution in [2.75, 3.05) is 0 Å². The number of carbonyl (C=O) groups is 1. The maximum absolute atomic E-state index is 11.4. The number of hydrogen-bond acceptors (Lipinski definition) is 2. The topological polar surface area (TPSA) is 42.0 Å². The summed E-state index contributed by atoms with van der Waals surface area (Å²) in [7, 11) is 0. The average Bonchev–Trinajstić information content (AvgIpc) is 2.65. The fourth-order valence-electron chi connectivity index (χ4n) is 2.34. The van der Waals surface area contributed by atoms with Crippen LogP contribution in [0.1, 0.15) is 37.3 Å². The second kappa shape index (κ2) is 4.24. The maximum atomic E-state index is 11.4. The van der Waals surface area contributed by atoms with Crippen LogP contribution in [0.25, 0.3) is 0 Å². The molecule has 1 aliphatic rings. The van der Waals surface area contributed by atoms with Crippen LogP contribution in [-0.4, -0.2) is 16.4 Å². The van der Waals surface area contributed by atoms with E-state index < -0.39 is 0 Å². The highest BCUT2D eigenvalue weighted by atomic mass is 16.2. The molecule has 0 aliphatic carbocycles. The summed E-state index contributed by atoms with van der Waals surface area (Å²) in [6, 6.07) is 2.02. The van der Waals surface area contributed by atoms with Gasteiger partial charge in [-0.3, -0.25) is 9.78 Å². The lowest BCUT2D eigenvalue weighted by Gasteiger charge is -2.28. The van der Waals surface area contributed by atoms with Crippen molar-refractivity contribution in [3.63, 3.8) is 0 Å². The summed E-state index contributed by atoms with van der Waals surface area (Å²) in [5.41, 5.74) is 2.46. The molecule has 0 bridgehead atoms. The molecule has 1 aromatic rings. The van der Waals surface area contributed by atoms with E-state index in [-0.39, 0.29) is 11.4 Å². The van der Waals surface area contributed by atoms with Crippen LogP contribution in [0, 0.1) is 6.92 Å². The summed E-state index contributed by atoms with van der Waals surface area (Å²) in [6.07, 6.45) is 7.20. The Labute approximate surface area is 96.3 Å². The van der Waals surface area contributed by atoms with Crippen molar-refractivity contribution in [2.24, 2.45) is 0 Å². The molecular weight excluding hydrogens is 200 g/mol. The third-order valence-electron chi connectivity index (χ3n) is 3.59. The molecule has 86 valence electrons. The first kappa shape index (κ1) is 11.1. The number of pyridine rings is 1. The van der Waals surface area contributed by atoms with Gasteiger partial charge >= 0.3 is 0 Å². The van der Waals surface area contributed by atoms with Crippen LogP contribution in [0.4, 0.5) is 0 Å². The van der Waals surface area contributed by atoms with Crippen LogP contribution in [0.5, 0.6) is 0 Å². The zero-order valence-electron chi connectivity index (χ0n) is 9.92. The fraction of sp³-hybridized carbons (Fsp3) is 0.538. The number of carbonyl (C=O) groups excluding carboxylic acids is 1. The summed E-state index contributed by atoms with van der Waals surface area (Å²) < 4.78 is 0. The van der Waals surface area contributed by atoms with Gasteiger partial charge in [-0.05, 0) is 43.4 Å². The molecule has 2 heterocycles. The smallest absolute Gasteiger partial charge is 0.220 e. The predicted molar refractivity (Wildman–Crippen MR) is 63.1 cm³/mol. The number of aryl methyl sites for hydroxylation is 1. The van der Waals surface area contributed by atoms with Gasteiger partial charge in [-0.25, -0.2) is 0 Å². The van der Waals surface area contributed by atoms with Gasteiger partial charge in [-0.1, -0.05) is 6.92 Å². The van der Waals surface area contributed by atoms with Crippen LogP contribution in [0.15, 0.2) is 18.5 Å². The molecule has 1 N–H and O–H groups in total. The number of nitrogens with one attached hydrogen (secondary N) is 1. The molecule has 16 heavy (non-hydrogen) atoms. The van der Waals surface area contributed by atoms with E-state index in [0.29, 0.717) is 6.42 Å². The Bertz CT molecular complexity index is 403. The minimum Gasteiger partial charge on any atom is -0.350 e. The Kier molecular flexibility index (Phi) is 2.95. The molecule has 1 atom stereocenters. The Hall–Kier alpha value is -1.38. The molecule has 3 heteroatoms. The van der Waals surface area contributed by atoms with Gasteiger partial charge in [0.2, 0.25) is 5.91 Å². The van der Waals surface area contributed by atoms with Crippen molar-refractivity contribution in [3.05, 3.63) is 29.6 Å². The normalized spacial score (nSPS) is 24.5. The average molecular weight is 218 g/mol. The van der Waals surface area contributed by atoms with E-state index >= 15 is 0 Å². The van der Waals surface area contributed by atoms with Crippen molar-refractivity contribution < 1.29 is 4.79 Å². The van der Waals surface area contributed by atoms with Gasteiger partial charge in [0.25, 0.3) is 0 Å². The molecule has 0 aromatic carbocycles. The SMILES string of the molecule is CCC1(Cc2cnccc2C)CCC(=O)N1. The van der Waals surface area contributed by atoms with Crippen molar-refractivity contribution in [2.45, 2.75) is 45.1 Å². The lowest BCUT2D eigenvalue weighted by Crippen LogP contribution is -2.43. The van der Waals surface area contributed by atoms with Crippen molar-refractivity contribution >= 4 is 5.91 Å². The standard InChI is InChI=1S/C13H18N2O/c1-3-13(6-4-12(16)15-13)8-11-9-14-7-5-10(11)2/h5,7,9H,3-4,6,8H2,1-2H3,(H,15,16). The molecule has 0 radical (unpaired) electrons. The van der Waals surface area contributed by atoms with Crippen LogP contribution < -0.4 is 5.32 Å². The molecule has 1 aliphatic heterocycles. The number of hydrogen-bond donors (Lipinski definition) is 1. The van der Waals surface area contributed by atoms with E-state index in [2.05, 4.69) is 24.1 Å². The monoisotopic (exact) mass is 218 g/mol. The number of aromatic nitrogens is 1. The zero-order valence-corrected chi connectivity index (χ0v) is 9.92. The number of rotatable bonds is 3. The molecule has 0 saturated carbocycles. The zero-order chi connectivity index (χ0) is 11.6. The summed E-state index contributed by atoms with van der Waals surface area (Å²) in [5, 5.41) is 3.13. The van der Waals surface area contributed by atoms with Gasteiger partial charge in [-0.2, -0.15) is 0 Å². The van der Waals surface area contributed by atoms with Crippen molar-refractivity contribution in [1.82, 2.24) is 10.3 Å². The first-order valence-electron chi connectivity index (χ1n) is 5.86. The van der Waals surface area contributed by atoms with Crippen molar-refractivity contribution in [3.8, 4) is 0 Å². The van der Waals surface area contributed by atoms with Crippen LogP contribution in [0.3, 0.4) is 0 Å². The predicted octanol–water partition coefficient (Wildman–Crippen LogP) is 1.99. The van der Waals surface area contributed by atoms with E-state index in [1.54, 1.807) is 0 Å². The van der Waals surface area contributed by atoms with E-state index in [1.165, 1.54) is 11.1 Å². The highest BCUT2D eigenvalue weighted by Crippen LogP contribution is 2.28. The Morgan fingerprint density at radius 2 is 2.38 bits per heavy atom. The van der Waals surface area contributed by atoms with Crippen LogP contribution in [-0.2, 0) is 11.2 Å². The fourth-order valence-corrected chi connectivity index (χ4v) is 2.34. The lowest BCUT2D eigenvalue weighted by atomic mass is 9.86. The molecular formula is C13H18N2O. The second-order valence-corrected chi connectivity index (χ2v) is 4.66. The van der Waals surface area contributed by atoms with Gasteiger partial charge in [0.05, 0.1) is 0 Å². The molecule has 1 aromatic heterocycles. The molecule has 3 nitrogen and oxygen atoms in total.